The average Bonchev–Trinajstić information content (AvgIpc) is 3.09. The fraction of sp³-hybridized carbons (Fsp3) is 0.462. The van der Waals surface area contributed by atoms with E-state index in [-0.39, 0.29) is 5.91 Å². The molecular weight excluding hydrogens is 458 g/mol. The van der Waals surface area contributed by atoms with Gasteiger partial charge < -0.3 is 20.9 Å². The quantitative estimate of drug-likeness (QED) is 0.541. The molecular formula is C26H33N7OS. The van der Waals surface area contributed by atoms with Gasteiger partial charge in [0.15, 0.2) is 0 Å². The summed E-state index contributed by atoms with van der Waals surface area (Å²) in [5.41, 5.74) is 9.47. The van der Waals surface area contributed by atoms with E-state index in [1.54, 1.807) is 6.92 Å². The van der Waals surface area contributed by atoms with Gasteiger partial charge in [-0.1, -0.05) is 31.2 Å². The van der Waals surface area contributed by atoms with Crippen LogP contribution in [0.3, 0.4) is 0 Å². The van der Waals surface area contributed by atoms with Crippen molar-refractivity contribution in [3.63, 3.8) is 0 Å². The number of amides is 1. The number of rotatable bonds is 8. The van der Waals surface area contributed by atoms with E-state index in [1.807, 2.05) is 31.2 Å². The number of benzene rings is 1. The van der Waals surface area contributed by atoms with Crippen molar-refractivity contribution < 1.29 is 4.79 Å². The first-order valence-corrected chi connectivity index (χ1v) is 12.9. The van der Waals surface area contributed by atoms with Crippen molar-refractivity contribution in [2.75, 3.05) is 38.1 Å². The number of carbonyl (C=O) groups excluding carboxylic acids is 1. The van der Waals surface area contributed by atoms with Gasteiger partial charge in [-0.25, -0.2) is 4.98 Å². The molecule has 9 heteroatoms. The van der Waals surface area contributed by atoms with Gasteiger partial charge in [-0.2, -0.15) is 10.5 Å². The molecule has 1 atom stereocenters. The number of carbonyl (C=O) groups is 1. The van der Waals surface area contributed by atoms with Crippen LogP contribution < -0.4 is 16.0 Å². The molecule has 0 saturated carbocycles. The van der Waals surface area contributed by atoms with Gasteiger partial charge in [-0.3, -0.25) is 4.79 Å². The first-order valence-electron chi connectivity index (χ1n) is 11.9. The van der Waals surface area contributed by atoms with Crippen molar-refractivity contribution in [3.05, 3.63) is 52.1 Å². The van der Waals surface area contributed by atoms with Gasteiger partial charge in [-0.15, -0.1) is 11.8 Å². The van der Waals surface area contributed by atoms with Crippen LogP contribution in [0, 0.1) is 22.7 Å². The van der Waals surface area contributed by atoms with E-state index in [9.17, 15) is 15.3 Å². The third kappa shape index (κ3) is 6.73. The largest absolute Gasteiger partial charge is 0.354 e. The molecule has 1 aromatic carbocycles. The summed E-state index contributed by atoms with van der Waals surface area (Å²) in [6.07, 6.45) is 1.61. The number of nitriles is 2. The molecule has 0 radical (unpaired) electrons. The van der Waals surface area contributed by atoms with Crippen LogP contribution in [0.1, 0.15) is 48.1 Å². The van der Waals surface area contributed by atoms with E-state index in [0.717, 1.165) is 49.3 Å². The van der Waals surface area contributed by atoms with Gasteiger partial charge in [0, 0.05) is 31.9 Å². The van der Waals surface area contributed by atoms with Crippen LogP contribution in [0.5, 0.6) is 0 Å². The summed E-state index contributed by atoms with van der Waals surface area (Å²) in [6.45, 7) is 7.63. The Bertz CT molecular complexity index is 1120. The van der Waals surface area contributed by atoms with Gasteiger partial charge in [0.05, 0.1) is 17.2 Å². The molecule has 1 fully saturated rings. The fourth-order valence-electron chi connectivity index (χ4n) is 4.03. The van der Waals surface area contributed by atoms with Gasteiger partial charge in [-0.05, 0) is 50.0 Å². The van der Waals surface area contributed by atoms with Crippen LogP contribution in [0.15, 0.2) is 29.3 Å². The maximum atomic E-state index is 11.7. The molecule has 0 aliphatic carbocycles. The van der Waals surface area contributed by atoms with Crippen LogP contribution in [-0.4, -0.2) is 55.1 Å². The van der Waals surface area contributed by atoms with E-state index in [2.05, 4.69) is 34.3 Å². The van der Waals surface area contributed by atoms with E-state index in [4.69, 9.17) is 10.7 Å². The van der Waals surface area contributed by atoms with Crippen LogP contribution in [0.4, 0.5) is 5.82 Å². The highest BCUT2D eigenvalue weighted by atomic mass is 32.2. The molecule has 35 heavy (non-hydrogen) atoms. The normalized spacial score (nSPS) is 15.1. The predicted molar refractivity (Wildman–Crippen MR) is 139 cm³/mol. The lowest BCUT2D eigenvalue weighted by Crippen LogP contribution is -2.37. The minimum Gasteiger partial charge on any atom is -0.354 e. The zero-order valence-corrected chi connectivity index (χ0v) is 21.5. The number of nitrogens with zero attached hydrogens (tertiary/aromatic N) is 5. The molecule has 3 N–H and O–H groups in total. The zero-order valence-electron chi connectivity index (χ0n) is 20.7. The number of hydrogen-bond donors (Lipinski definition) is 2. The van der Waals surface area contributed by atoms with E-state index in [0.29, 0.717) is 40.7 Å². The number of thioether (sulfide) groups is 1. The lowest BCUT2D eigenvalue weighted by Gasteiger charge is -2.25. The molecule has 0 spiro atoms. The number of nitrogens with two attached hydrogens (primary N) is 1. The molecule has 1 aliphatic rings. The fourth-order valence-corrected chi connectivity index (χ4v) is 4.99. The maximum absolute atomic E-state index is 11.7. The Labute approximate surface area is 212 Å². The summed E-state index contributed by atoms with van der Waals surface area (Å²) >= 11 is 1.52. The van der Waals surface area contributed by atoms with E-state index >= 15 is 0 Å². The summed E-state index contributed by atoms with van der Waals surface area (Å²) in [7, 11) is 2.11. The van der Waals surface area contributed by atoms with Gasteiger partial charge in [0.1, 0.15) is 23.0 Å². The van der Waals surface area contributed by atoms with Crippen molar-refractivity contribution >= 4 is 23.5 Å². The molecule has 1 amide bonds. The Morgan fingerprint density at radius 3 is 2.46 bits per heavy atom. The van der Waals surface area contributed by atoms with Crippen LogP contribution in [-0.2, 0) is 23.5 Å². The molecule has 1 aromatic heterocycles. The first kappa shape index (κ1) is 26.5. The number of likely N-dealkylation sites (N-methyl/N-ethyl adjacent to an activating group) is 1. The van der Waals surface area contributed by atoms with Crippen LogP contribution in [0.25, 0.3) is 0 Å². The number of anilines is 1. The molecule has 0 unspecified atom stereocenters. The first-order chi connectivity index (χ1) is 16.9. The molecule has 1 saturated heterocycles. The lowest BCUT2D eigenvalue weighted by atomic mass is 10.0. The standard InChI is InChI=1S/C26H33N7OS/c1-4-21-22(14-27)24(33-11-5-10-32(3)12-13-33)31-26(23(21)15-28)35-17-20-8-6-19(7-9-20)16-30-25(34)18(2)29/h6-9,18H,4-5,10-13,16-17,29H2,1-3H3,(H,30,34)/t18-/m1/s1. The summed E-state index contributed by atoms with van der Waals surface area (Å²) in [6, 6.07) is 12.1. The van der Waals surface area contributed by atoms with E-state index in [1.165, 1.54) is 11.8 Å². The number of nitrogens with one attached hydrogen (secondary N) is 1. The van der Waals surface area contributed by atoms with Crippen molar-refractivity contribution in [1.29, 1.82) is 10.5 Å². The Morgan fingerprint density at radius 2 is 1.83 bits per heavy atom. The molecule has 1 aliphatic heterocycles. The molecule has 184 valence electrons. The van der Waals surface area contributed by atoms with E-state index < -0.39 is 6.04 Å². The molecule has 8 nitrogen and oxygen atoms in total. The molecule has 2 heterocycles. The summed E-state index contributed by atoms with van der Waals surface area (Å²) in [5, 5.41) is 23.4. The lowest BCUT2D eigenvalue weighted by molar-refractivity contribution is -0.122. The van der Waals surface area contributed by atoms with Crippen molar-refractivity contribution in [3.8, 4) is 12.1 Å². The Morgan fingerprint density at radius 1 is 1.14 bits per heavy atom. The second-order valence-corrected chi connectivity index (χ2v) is 9.77. The van der Waals surface area contributed by atoms with Gasteiger partial charge in [0.25, 0.3) is 0 Å². The zero-order chi connectivity index (χ0) is 25.4. The van der Waals surface area contributed by atoms with Crippen molar-refractivity contribution in [2.45, 2.75) is 50.1 Å². The monoisotopic (exact) mass is 491 g/mol. The SMILES string of the molecule is CCc1c(C#N)c(SCc2ccc(CNC(=O)[C@@H](C)N)cc2)nc(N2CCCN(C)CC2)c1C#N. The van der Waals surface area contributed by atoms with Gasteiger partial charge in [0.2, 0.25) is 5.91 Å². The Hall–Kier alpha value is -3.11. The van der Waals surface area contributed by atoms with Crippen molar-refractivity contribution in [2.24, 2.45) is 5.73 Å². The number of aromatic nitrogens is 1. The molecule has 0 bridgehead atoms. The number of pyridine rings is 1. The third-order valence-corrected chi connectivity index (χ3v) is 7.17. The van der Waals surface area contributed by atoms with Gasteiger partial charge >= 0.3 is 0 Å². The highest BCUT2D eigenvalue weighted by molar-refractivity contribution is 7.98. The van der Waals surface area contributed by atoms with Crippen molar-refractivity contribution in [1.82, 2.24) is 15.2 Å². The summed E-state index contributed by atoms with van der Waals surface area (Å²) in [5.74, 6) is 1.16. The second kappa shape index (κ2) is 12.6. The van der Waals surface area contributed by atoms with Crippen LogP contribution in [0.2, 0.25) is 0 Å². The smallest absolute Gasteiger partial charge is 0.236 e. The Kier molecular flexibility index (Phi) is 9.50. The highest BCUT2D eigenvalue weighted by Crippen LogP contribution is 2.33. The minimum atomic E-state index is -0.534. The second-order valence-electron chi connectivity index (χ2n) is 8.80. The maximum Gasteiger partial charge on any atom is 0.236 e. The molecule has 2 aromatic rings. The number of hydrogen-bond acceptors (Lipinski definition) is 8. The minimum absolute atomic E-state index is 0.181. The average molecular weight is 492 g/mol. The summed E-state index contributed by atoms with van der Waals surface area (Å²) < 4.78 is 0. The molecule has 3 rings (SSSR count). The topological polar surface area (TPSA) is 122 Å². The summed E-state index contributed by atoms with van der Waals surface area (Å²) in [4.78, 5) is 21.0. The predicted octanol–water partition coefficient (Wildman–Crippen LogP) is 2.78. The Balaban J connectivity index is 1.81. The highest BCUT2D eigenvalue weighted by Gasteiger charge is 2.24. The van der Waals surface area contributed by atoms with Crippen LogP contribution >= 0.6 is 11.8 Å². The third-order valence-electron chi connectivity index (χ3n) is 6.12.